The number of carbonyl (C=O) groups excluding carboxylic acids is 1. The number of rotatable bonds is 4. The second kappa shape index (κ2) is 7.00. The average molecular weight is 438 g/mol. The number of amides is 1. The third-order valence-electron chi connectivity index (χ3n) is 6.90. The van der Waals surface area contributed by atoms with Crippen LogP contribution in [0.5, 0.6) is 17.2 Å². The standard InChI is InChI=1S/C26H22N4O3/c31-21-9-7-16-20(10-11-27-25(16)30-21)32-15-6-8-19-17(12-15)22-23(24(22)33-19)26-28-13-18(29-26)14-4-2-1-3-5-14/h1-6,8,10-13,22-24,26,28-29H,7,9H2,(H,27,30,31). The van der Waals surface area contributed by atoms with Gasteiger partial charge in [0.15, 0.2) is 0 Å². The summed E-state index contributed by atoms with van der Waals surface area (Å²) in [5, 5.41) is 9.94. The van der Waals surface area contributed by atoms with Crippen LogP contribution < -0.4 is 25.4 Å². The van der Waals surface area contributed by atoms with E-state index in [9.17, 15) is 4.79 Å². The van der Waals surface area contributed by atoms with Gasteiger partial charge in [-0.25, -0.2) is 4.98 Å². The summed E-state index contributed by atoms with van der Waals surface area (Å²) < 4.78 is 12.5. The first-order valence-electron chi connectivity index (χ1n) is 11.3. The molecular weight excluding hydrogens is 416 g/mol. The first-order valence-corrected chi connectivity index (χ1v) is 11.3. The van der Waals surface area contributed by atoms with E-state index in [0.29, 0.717) is 30.5 Å². The molecule has 7 rings (SSSR count). The van der Waals surface area contributed by atoms with E-state index in [1.165, 1.54) is 11.1 Å². The Kier molecular flexibility index (Phi) is 3.94. The predicted molar refractivity (Wildman–Crippen MR) is 123 cm³/mol. The zero-order valence-electron chi connectivity index (χ0n) is 17.7. The molecule has 33 heavy (non-hydrogen) atoms. The number of nitrogens with zero attached hydrogens (tertiary/aromatic N) is 1. The minimum atomic E-state index is -0.00769. The van der Waals surface area contributed by atoms with E-state index in [1.807, 2.05) is 36.4 Å². The highest BCUT2D eigenvalue weighted by Crippen LogP contribution is 2.60. The molecule has 3 aromatic rings. The maximum Gasteiger partial charge on any atom is 0.225 e. The molecule has 1 fully saturated rings. The van der Waals surface area contributed by atoms with Gasteiger partial charge in [-0.2, -0.15) is 0 Å². The summed E-state index contributed by atoms with van der Waals surface area (Å²) in [6.45, 7) is 0. The van der Waals surface area contributed by atoms with E-state index in [-0.39, 0.29) is 18.2 Å². The van der Waals surface area contributed by atoms with Gasteiger partial charge in [0.2, 0.25) is 5.91 Å². The molecule has 7 heteroatoms. The van der Waals surface area contributed by atoms with Crippen LogP contribution in [0.25, 0.3) is 5.70 Å². The first kappa shape index (κ1) is 18.6. The molecule has 4 atom stereocenters. The van der Waals surface area contributed by atoms with Gasteiger partial charge >= 0.3 is 0 Å². The van der Waals surface area contributed by atoms with Crippen molar-refractivity contribution in [3.63, 3.8) is 0 Å². The number of nitrogens with one attached hydrogen (secondary N) is 3. The SMILES string of the molecule is O=C1CCc2c(Oc3ccc4c(c3)C3C(O4)C3C3NC=C(c4ccccc4)N3)ccnc2N1. The summed E-state index contributed by atoms with van der Waals surface area (Å²) in [6, 6.07) is 18.2. The summed E-state index contributed by atoms with van der Waals surface area (Å²) >= 11 is 0. The van der Waals surface area contributed by atoms with Gasteiger partial charge in [-0.05, 0) is 36.2 Å². The van der Waals surface area contributed by atoms with Crippen LogP contribution in [0.15, 0.2) is 67.0 Å². The van der Waals surface area contributed by atoms with Crippen LogP contribution in [0.1, 0.15) is 29.0 Å². The lowest BCUT2D eigenvalue weighted by molar-refractivity contribution is -0.116. The van der Waals surface area contributed by atoms with Crippen molar-refractivity contribution in [2.45, 2.75) is 31.0 Å². The Morgan fingerprint density at radius 3 is 2.88 bits per heavy atom. The predicted octanol–water partition coefficient (Wildman–Crippen LogP) is 3.75. The largest absolute Gasteiger partial charge is 0.489 e. The number of benzene rings is 2. The number of pyridine rings is 1. The molecule has 164 valence electrons. The van der Waals surface area contributed by atoms with E-state index in [1.54, 1.807) is 6.20 Å². The van der Waals surface area contributed by atoms with Gasteiger partial charge in [-0.3, -0.25) is 4.79 Å². The summed E-state index contributed by atoms with van der Waals surface area (Å²) in [5.74, 6) is 3.72. The molecule has 0 saturated heterocycles. The van der Waals surface area contributed by atoms with Gasteiger partial charge < -0.3 is 25.4 Å². The molecule has 4 unspecified atom stereocenters. The van der Waals surface area contributed by atoms with E-state index in [0.717, 1.165) is 28.5 Å². The van der Waals surface area contributed by atoms with E-state index in [2.05, 4.69) is 45.3 Å². The minimum Gasteiger partial charge on any atom is -0.489 e. The molecule has 0 bridgehead atoms. The van der Waals surface area contributed by atoms with E-state index in [4.69, 9.17) is 9.47 Å². The topological polar surface area (TPSA) is 84.5 Å². The number of ether oxygens (including phenoxy) is 2. The smallest absolute Gasteiger partial charge is 0.225 e. The molecule has 4 heterocycles. The molecule has 3 N–H and O–H groups in total. The van der Waals surface area contributed by atoms with Crippen LogP contribution in [0.4, 0.5) is 5.82 Å². The lowest BCUT2D eigenvalue weighted by Crippen LogP contribution is -2.36. The van der Waals surface area contributed by atoms with E-state index >= 15 is 0 Å². The van der Waals surface area contributed by atoms with Crippen LogP contribution in [0.3, 0.4) is 0 Å². The zero-order valence-corrected chi connectivity index (χ0v) is 17.7. The summed E-state index contributed by atoms with van der Waals surface area (Å²) in [4.78, 5) is 16.0. The van der Waals surface area contributed by atoms with Gasteiger partial charge in [0.1, 0.15) is 35.3 Å². The van der Waals surface area contributed by atoms with Crippen molar-refractivity contribution in [3.05, 3.63) is 83.7 Å². The Bertz CT molecular complexity index is 1310. The van der Waals surface area contributed by atoms with Crippen LogP contribution in [0, 0.1) is 5.92 Å². The maximum absolute atomic E-state index is 11.7. The maximum atomic E-state index is 11.7. The number of carbonyl (C=O) groups is 1. The third kappa shape index (κ3) is 3.03. The van der Waals surface area contributed by atoms with Crippen LogP contribution in [0.2, 0.25) is 0 Å². The van der Waals surface area contributed by atoms with Gasteiger partial charge in [0.25, 0.3) is 0 Å². The molecular formula is C26H22N4O3. The van der Waals surface area contributed by atoms with Crippen LogP contribution >= 0.6 is 0 Å². The monoisotopic (exact) mass is 438 g/mol. The Hall–Kier alpha value is -4.00. The number of aromatic nitrogens is 1. The second-order valence-corrected chi connectivity index (χ2v) is 8.88. The highest BCUT2D eigenvalue weighted by Gasteiger charge is 2.62. The summed E-state index contributed by atoms with van der Waals surface area (Å²) in [7, 11) is 0. The van der Waals surface area contributed by atoms with Gasteiger partial charge in [-0.1, -0.05) is 30.3 Å². The quantitative estimate of drug-likeness (QED) is 0.575. The highest BCUT2D eigenvalue weighted by atomic mass is 16.5. The van der Waals surface area contributed by atoms with Crippen molar-refractivity contribution in [2.75, 3.05) is 5.32 Å². The Balaban J connectivity index is 1.09. The Morgan fingerprint density at radius 2 is 1.97 bits per heavy atom. The molecule has 2 aromatic carbocycles. The van der Waals surface area contributed by atoms with Crippen molar-refractivity contribution >= 4 is 17.4 Å². The fourth-order valence-corrected chi connectivity index (χ4v) is 5.24. The first-order chi connectivity index (χ1) is 16.2. The third-order valence-corrected chi connectivity index (χ3v) is 6.90. The number of fused-ring (bicyclic) bond motifs is 4. The number of anilines is 1. The number of hydrogen-bond acceptors (Lipinski definition) is 6. The van der Waals surface area contributed by atoms with Gasteiger partial charge in [0, 0.05) is 41.8 Å². The Morgan fingerprint density at radius 1 is 1.06 bits per heavy atom. The normalized spacial score (nSPS) is 25.9. The van der Waals surface area contributed by atoms with Crippen molar-refractivity contribution in [2.24, 2.45) is 5.92 Å². The molecule has 1 aromatic heterocycles. The molecule has 4 aliphatic rings. The lowest BCUT2D eigenvalue weighted by Gasteiger charge is -2.19. The molecule has 7 nitrogen and oxygen atoms in total. The Labute approximate surface area is 190 Å². The molecule has 1 amide bonds. The molecule has 0 radical (unpaired) electrons. The summed E-state index contributed by atoms with van der Waals surface area (Å²) in [6.07, 6.45) is 5.11. The minimum absolute atomic E-state index is 0.00769. The van der Waals surface area contributed by atoms with E-state index < -0.39 is 0 Å². The lowest BCUT2D eigenvalue weighted by atomic mass is 10.1. The van der Waals surface area contributed by atoms with Crippen LogP contribution in [-0.2, 0) is 11.2 Å². The van der Waals surface area contributed by atoms with Gasteiger partial charge in [0.05, 0.1) is 5.70 Å². The molecule has 1 aliphatic carbocycles. The molecule has 1 saturated carbocycles. The number of hydrogen-bond donors (Lipinski definition) is 3. The van der Waals surface area contributed by atoms with Gasteiger partial charge in [-0.15, -0.1) is 0 Å². The van der Waals surface area contributed by atoms with Crippen molar-refractivity contribution in [3.8, 4) is 17.2 Å². The zero-order chi connectivity index (χ0) is 21.9. The average Bonchev–Trinajstić information content (AvgIpc) is 3.17. The second-order valence-electron chi connectivity index (χ2n) is 8.88. The fraction of sp³-hybridized carbons (Fsp3) is 0.231. The molecule has 3 aliphatic heterocycles. The van der Waals surface area contributed by atoms with Crippen molar-refractivity contribution < 1.29 is 14.3 Å². The van der Waals surface area contributed by atoms with Crippen LogP contribution in [-0.4, -0.2) is 23.2 Å². The fourth-order valence-electron chi connectivity index (χ4n) is 5.24. The summed E-state index contributed by atoms with van der Waals surface area (Å²) in [5.41, 5.74) is 4.41. The molecule has 0 spiro atoms. The van der Waals surface area contributed by atoms with Crippen molar-refractivity contribution in [1.29, 1.82) is 0 Å². The van der Waals surface area contributed by atoms with Crippen molar-refractivity contribution in [1.82, 2.24) is 15.6 Å². The highest BCUT2D eigenvalue weighted by molar-refractivity contribution is 5.93.